The maximum absolute atomic E-state index is 12.7. The van der Waals surface area contributed by atoms with Gasteiger partial charge in [-0.15, -0.1) is 0 Å². The standard InChI is InChI=1S/C24H29N3O4/c1-14(31-22(29)19-13-27(2)20-6-4-3-5-18(19)20)21(28)25-23(30)26-24-10-15-7-16(11-24)9-17(8-15)12-24/h3-6,13-17H,7-12H2,1-2H3,(H2,25,26,28,30)/t14-,15?,16?,17?,24?/m0/s1. The summed E-state index contributed by atoms with van der Waals surface area (Å²) in [7, 11) is 1.85. The molecule has 164 valence electrons. The smallest absolute Gasteiger partial charge is 0.341 e. The van der Waals surface area contributed by atoms with Crippen LogP contribution in [0.3, 0.4) is 0 Å². The average molecular weight is 424 g/mol. The maximum atomic E-state index is 12.7. The van der Waals surface area contributed by atoms with Gasteiger partial charge in [0.15, 0.2) is 6.10 Å². The zero-order chi connectivity index (χ0) is 21.8. The van der Waals surface area contributed by atoms with E-state index in [9.17, 15) is 14.4 Å². The zero-order valence-electron chi connectivity index (χ0n) is 18.0. The molecule has 4 saturated carbocycles. The third-order valence-corrected chi connectivity index (χ3v) is 7.42. The van der Waals surface area contributed by atoms with Crippen molar-refractivity contribution >= 4 is 28.8 Å². The summed E-state index contributed by atoms with van der Waals surface area (Å²) >= 11 is 0. The lowest BCUT2D eigenvalue weighted by atomic mass is 9.53. The summed E-state index contributed by atoms with van der Waals surface area (Å²) in [6, 6.07) is 7.02. The molecule has 0 radical (unpaired) electrons. The van der Waals surface area contributed by atoms with Crippen molar-refractivity contribution in [1.29, 1.82) is 0 Å². The third kappa shape index (κ3) is 3.70. The van der Waals surface area contributed by atoms with Crippen LogP contribution in [0.1, 0.15) is 55.8 Å². The van der Waals surface area contributed by atoms with Crippen molar-refractivity contribution in [3.05, 3.63) is 36.0 Å². The monoisotopic (exact) mass is 423 g/mol. The predicted octanol–water partition coefficient (Wildman–Crippen LogP) is 3.52. The van der Waals surface area contributed by atoms with E-state index in [0.29, 0.717) is 23.3 Å². The van der Waals surface area contributed by atoms with Crippen molar-refractivity contribution in [2.45, 2.75) is 57.1 Å². The van der Waals surface area contributed by atoms with Gasteiger partial charge in [-0.1, -0.05) is 18.2 Å². The summed E-state index contributed by atoms with van der Waals surface area (Å²) in [6.07, 6.45) is 7.48. The van der Waals surface area contributed by atoms with Crippen LogP contribution in [-0.4, -0.2) is 34.1 Å². The Hall–Kier alpha value is -2.83. The van der Waals surface area contributed by atoms with Gasteiger partial charge in [0.2, 0.25) is 0 Å². The summed E-state index contributed by atoms with van der Waals surface area (Å²) in [5.74, 6) is 0.894. The Morgan fingerprint density at radius 2 is 1.68 bits per heavy atom. The number of fused-ring (bicyclic) bond motifs is 1. The second kappa shape index (κ2) is 7.39. The minimum Gasteiger partial charge on any atom is -0.449 e. The third-order valence-electron chi connectivity index (χ3n) is 7.42. The second-order valence-corrected chi connectivity index (χ2v) is 9.86. The van der Waals surface area contributed by atoms with Gasteiger partial charge in [0.1, 0.15) is 0 Å². The van der Waals surface area contributed by atoms with Crippen molar-refractivity contribution in [2.24, 2.45) is 24.8 Å². The lowest BCUT2D eigenvalue weighted by Gasteiger charge is -2.56. The number of urea groups is 1. The van der Waals surface area contributed by atoms with Gasteiger partial charge in [-0.25, -0.2) is 9.59 Å². The maximum Gasteiger partial charge on any atom is 0.341 e. The van der Waals surface area contributed by atoms with Gasteiger partial charge in [-0.2, -0.15) is 0 Å². The molecule has 0 unspecified atom stereocenters. The van der Waals surface area contributed by atoms with Crippen LogP contribution < -0.4 is 10.6 Å². The number of nitrogens with zero attached hydrogens (tertiary/aromatic N) is 1. The molecule has 1 aromatic heterocycles. The number of benzene rings is 1. The molecule has 4 fully saturated rings. The van der Waals surface area contributed by atoms with Crippen molar-refractivity contribution in [3.8, 4) is 0 Å². The number of carbonyl (C=O) groups excluding carboxylic acids is 3. The van der Waals surface area contributed by atoms with E-state index in [1.807, 2.05) is 35.9 Å². The summed E-state index contributed by atoms with van der Waals surface area (Å²) in [4.78, 5) is 37.8. The molecule has 1 atom stereocenters. The van der Waals surface area contributed by atoms with Crippen LogP contribution in [0.5, 0.6) is 0 Å². The van der Waals surface area contributed by atoms with Crippen molar-refractivity contribution in [2.75, 3.05) is 0 Å². The molecule has 31 heavy (non-hydrogen) atoms. The number of nitrogens with one attached hydrogen (secondary N) is 2. The molecule has 2 aromatic rings. The fourth-order valence-corrected chi connectivity index (χ4v) is 6.53. The van der Waals surface area contributed by atoms with E-state index in [1.165, 1.54) is 26.2 Å². The van der Waals surface area contributed by atoms with E-state index < -0.39 is 24.0 Å². The number of imide groups is 1. The van der Waals surface area contributed by atoms with Gasteiger partial charge in [-0.05, 0) is 69.3 Å². The number of carbonyl (C=O) groups is 3. The summed E-state index contributed by atoms with van der Waals surface area (Å²) in [6.45, 7) is 1.48. The van der Waals surface area contributed by atoms with Gasteiger partial charge in [0.05, 0.1) is 5.56 Å². The summed E-state index contributed by atoms with van der Waals surface area (Å²) < 4.78 is 7.21. The van der Waals surface area contributed by atoms with Crippen molar-refractivity contribution in [3.63, 3.8) is 0 Å². The molecule has 3 amide bonds. The molecule has 1 aromatic carbocycles. The summed E-state index contributed by atoms with van der Waals surface area (Å²) in [5.41, 5.74) is 1.12. The van der Waals surface area contributed by atoms with E-state index in [2.05, 4.69) is 10.6 Å². The molecular formula is C24H29N3O4. The Morgan fingerprint density at radius 3 is 2.32 bits per heavy atom. The normalized spacial score (nSPS) is 29.5. The number of rotatable bonds is 4. The number of aromatic nitrogens is 1. The second-order valence-electron chi connectivity index (χ2n) is 9.86. The van der Waals surface area contributed by atoms with E-state index in [-0.39, 0.29) is 5.54 Å². The van der Waals surface area contributed by atoms with Crippen LogP contribution in [-0.2, 0) is 16.6 Å². The fraction of sp³-hybridized carbons (Fsp3) is 0.542. The molecule has 7 heteroatoms. The van der Waals surface area contributed by atoms with Crippen LogP contribution in [0.25, 0.3) is 10.9 Å². The largest absolute Gasteiger partial charge is 0.449 e. The SMILES string of the molecule is C[C@H](OC(=O)c1cn(C)c2ccccc12)C(=O)NC(=O)NC12CC3CC(CC(C3)C1)C2. The number of hydrogen-bond acceptors (Lipinski definition) is 4. The Balaban J connectivity index is 1.19. The fourth-order valence-electron chi connectivity index (χ4n) is 6.53. The number of ether oxygens (including phenoxy) is 1. The molecule has 7 nitrogen and oxygen atoms in total. The van der Waals surface area contributed by atoms with E-state index >= 15 is 0 Å². The molecule has 1 heterocycles. The van der Waals surface area contributed by atoms with Crippen molar-refractivity contribution in [1.82, 2.24) is 15.2 Å². The van der Waals surface area contributed by atoms with E-state index in [0.717, 1.165) is 30.2 Å². The lowest BCUT2D eigenvalue weighted by Crippen LogP contribution is -2.62. The quantitative estimate of drug-likeness (QED) is 0.737. The number of hydrogen-bond donors (Lipinski definition) is 2. The first-order valence-corrected chi connectivity index (χ1v) is 11.2. The van der Waals surface area contributed by atoms with Crippen LogP contribution >= 0.6 is 0 Å². The first kappa shape index (κ1) is 20.1. The predicted molar refractivity (Wildman–Crippen MR) is 115 cm³/mol. The van der Waals surface area contributed by atoms with E-state index in [1.54, 1.807) is 6.20 Å². The number of amides is 3. The molecular weight excluding hydrogens is 394 g/mol. The topological polar surface area (TPSA) is 89.4 Å². The zero-order valence-corrected chi connectivity index (χ0v) is 18.0. The molecule has 0 spiro atoms. The molecule has 4 aliphatic rings. The van der Waals surface area contributed by atoms with E-state index in [4.69, 9.17) is 4.74 Å². The Bertz CT molecular complexity index is 1020. The van der Waals surface area contributed by atoms with Crippen LogP contribution in [0.15, 0.2) is 30.5 Å². The van der Waals surface area contributed by atoms with Crippen LogP contribution in [0.2, 0.25) is 0 Å². The van der Waals surface area contributed by atoms with Gasteiger partial charge in [0, 0.05) is 29.7 Å². The first-order chi connectivity index (χ1) is 14.8. The molecule has 0 aliphatic heterocycles. The minimum absolute atomic E-state index is 0.179. The number of aryl methyl sites for hydroxylation is 1. The average Bonchev–Trinajstić information content (AvgIpc) is 3.03. The number of esters is 1. The van der Waals surface area contributed by atoms with Gasteiger partial charge >= 0.3 is 12.0 Å². The molecule has 2 N–H and O–H groups in total. The van der Waals surface area contributed by atoms with Crippen LogP contribution in [0.4, 0.5) is 4.79 Å². The lowest BCUT2D eigenvalue weighted by molar-refractivity contribution is -0.128. The highest BCUT2D eigenvalue weighted by Crippen LogP contribution is 2.55. The van der Waals surface area contributed by atoms with Gasteiger partial charge in [0.25, 0.3) is 5.91 Å². The highest BCUT2D eigenvalue weighted by Gasteiger charge is 2.51. The summed E-state index contributed by atoms with van der Waals surface area (Å²) in [5, 5.41) is 6.26. The molecule has 4 bridgehead atoms. The molecule has 6 rings (SSSR count). The molecule has 4 aliphatic carbocycles. The Kier molecular flexibility index (Phi) is 4.79. The number of para-hydroxylation sites is 1. The Labute approximate surface area is 181 Å². The Morgan fingerprint density at radius 1 is 1.06 bits per heavy atom. The van der Waals surface area contributed by atoms with Gasteiger partial charge < -0.3 is 14.6 Å². The van der Waals surface area contributed by atoms with Gasteiger partial charge in [-0.3, -0.25) is 10.1 Å². The van der Waals surface area contributed by atoms with Crippen molar-refractivity contribution < 1.29 is 19.1 Å². The minimum atomic E-state index is -1.08. The molecule has 0 saturated heterocycles. The highest BCUT2D eigenvalue weighted by molar-refractivity contribution is 6.05. The highest BCUT2D eigenvalue weighted by atomic mass is 16.5. The van der Waals surface area contributed by atoms with Crippen LogP contribution in [0, 0.1) is 17.8 Å². The first-order valence-electron chi connectivity index (χ1n) is 11.2.